The van der Waals surface area contributed by atoms with E-state index in [2.05, 4.69) is 5.32 Å². The maximum absolute atomic E-state index is 12.2. The Morgan fingerprint density at radius 3 is 3.04 bits per heavy atom. The fraction of sp³-hybridized carbons (Fsp3) is 0.529. The van der Waals surface area contributed by atoms with Crippen molar-refractivity contribution < 1.29 is 19.1 Å². The number of carbonyl (C=O) groups excluding carboxylic acids is 2. The van der Waals surface area contributed by atoms with Crippen LogP contribution in [-0.2, 0) is 14.3 Å². The summed E-state index contributed by atoms with van der Waals surface area (Å²) in [6.45, 7) is 2.99. The Balaban J connectivity index is 1.69. The molecule has 0 unspecified atom stereocenters. The quantitative estimate of drug-likeness (QED) is 0.828. The van der Waals surface area contributed by atoms with Gasteiger partial charge in [0.2, 0.25) is 5.91 Å². The summed E-state index contributed by atoms with van der Waals surface area (Å²) in [6.07, 6.45) is 2.05. The minimum atomic E-state index is -0.239. The average Bonchev–Trinajstić information content (AvgIpc) is 3.08. The molecule has 2 aliphatic rings. The molecule has 3 rings (SSSR count). The van der Waals surface area contributed by atoms with Crippen LogP contribution in [0.1, 0.15) is 31.4 Å². The molecule has 7 heteroatoms. The molecule has 2 heterocycles. The summed E-state index contributed by atoms with van der Waals surface area (Å²) >= 11 is 0. The van der Waals surface area contributed by atoms with Gasteiger partial charge in [0, 0.05) is 19.2 Å². The van der Waals surface area contributed by atoms with Crippen LogP contribution >= 0.6 is 0 Å². The predicted octanol–water partition coefficient (Wildman–Crippen LogP) is 0.727. The summed E-state index contributed by atoms with van der Waals surface area (Å²) in [4.78, 5) is 25.9. The Labute approximate surface area is 141 Å². The van der Waals surface area contributed by atoms with Crippen molar-refractivity contribution in [1.29, 1.82) is 0 Å². The van der Waals surface area contributed by atoms with E-state index in [9.17, 15) is 9.59 Å². The van der Waals surface area contributed by atoms with Crippen LogP contribution in [0.5, 0.6) is 5.75 Å². The van der Waals surface area contributed by atoms with Crippen LogP contribution in [-0.4, -0.2) is 44.2 Å². The van der Waals surface area contributed by atoms with Crippen molar-refractivity contribution in [2.75, 3.05) is 31.2 Å². The van der Waals surface area contributed by atoms with Gasteiger partial charge in [-0.2, -0.15) is 0 Å². The number of amides is 2. The van der Waals surface area contributed by atoms with Gasteiger partial charge < -0.3 is 20.5 Å². The number of anilines is 1. The maximum atomic E-state index is 12.2. The zero-order valence-corrected chi connectivity index (χ0v) is 13.8. The van der Waals surface area contributed by atoms with Crippen molar-refractivity contribution in [3.05, 3.63) is 23.8 Å². The SMILES string of the molecule is C[C@H](N)c1ccc2c(c1)N(CC(=O)NC[C@@H]1CCCO1)C(=O)CO2. The van der Waals surface area contributed by atoms with E-state index < -0.39 is 0 Å². The predicted molar refractivity (Wildman–Crippen MR) is 88.9 cm³/mol. The summed E-state index contributed by atoms with van der Waals surface area (Å²) < 4.78 is 10.9. The molecule has 0 spiro atoms. The smallest absolute Gasteiger partial charge is 0.265 e. The molecule has 2 aliphatic heterocycles. The van der Waals surface area contributed by atoms with Crippen molar-refractivity contribution in [3.8, 4) is 5.75 Å². The number of benzene rings is 1. The highest BCUT2D eigenvalue weighted by molar-refractivity contribution is 6.02. The zero-order valence-electron chi connectivity index (χ0n) is 13.8. The van der Waals surface area contributed by atoms with Gasteiger partial charge in [0.15, 0.2) is 6.61 Å². The molecule has 2 amide bonds. The summed E-state index contributed by atoms with van der Waals surface area (Å²) in [5, 5.41) is 2.84. The monoisotopic (exact) mass is 333 g/mol. The van der Waals surface area contributed by atoms with E-state index in [1.54, 1.807) is 6.07 Å². The van der Waals surface area contributed by atoms with E-state index >= 15 is 0 Å². The third-order valence-electron chi connectivity index (χ3n) is 4.30. The standard InChI is InChI=1S/C17H23N3O4/c1-11(18)12-4-5-15-14(7-12)20(17(22)10-24-15)9-16(21)19-8-13-3-2-6-23-13/h4-5,7,11,13H,2-3,6,8-10,18H2,1H3,(H,19,21)/t11-,13-/m0/s1. The lowest BCUT2D eigenvalue weighted by atomic mass is 10.1. The Kier molecular flexibility index (Phi) is 5.01. The molecule has 1 fully saturated rings. The summed E-state index contributed by atoms with van der Waals surface area (Å²) in [5.74, 6) is 0.139. The van der Waals surface area contributed by atoms with Gasteiger partial charge in [0.05, 0.1) is 11.8 Å². The molecular weight excluding hydrogens is 310 g/mol. The van der Waals surface area contributed by atoms with E-state index in [0.29, 0.717) is 18.0 Å². The Morgan fingerprint density at radius 2 is 2.33 bits per heavy atom. The number of carbonyl (C=O) groups is 2. The first-order valence-corrected chi connectivity index (χ1v) is 8.25. The maximum Gasteiger partial charge on any atom is 0.265 e. The Morgan fingerprint density at radius 1 is 1.50 bits per heavy atom. The van der Waals surface area contributed by atoms with E-state index in [4.69, 9.17) is 15.2 Å². The topological polar surface area (TPSA) is 93.9 Å². The van der Waals surface area contributed by atoms with Crippen molar-refractivity contribution in [3.63, 3.8) is 0 Å². The number of hydrogen-bond acceptors (Lipinski definition) is 5. The fourth-order valence-electron chi connectivity index (χ4n) is 2.91. The highest BCUT2D eigenvalue weighted by Gasteiger charge is 2.28. The molecule has 1 saturated heterocycles. The average molecular weight is 333 g/mol. The van der Waals surface area contributed by atoms with Gasteiger partial charge in [0.1, 0.15) is 12.3 Å². The molecule has 3 N–H and O–H groups in total. The first-order chi connectivity index (χ1) is 11.5. The normalized spacial score (nSPS) is 21.2. The zero-order chi connectivity index (χ0) is 17.1. The lowest BCUT2D eigenvalue weighted by molar-refractivity contribution is -0.125. The molecule has 0 aliphatic carbocycles. The van der Waals surface area contributed by atoms with Crippen LogP contribution in [0.3, 0.4) is 0 Å². The van der Waals surface area contributed by atoms with Gasteiger partial charge in [0.25, 0.3) is 5.91 Å². The molecule has 0 bridgehead atoms. The summed E-state index contributed by atoms with van der Waals surface area (Å²) in [5.41, 5.74) is 7.39. The van der Waals surface area contributed by atoms with E-state index in [1.807, 2.05) is 19.1 Å². The van der Waals surface area contributed by atoms with Gasteiger partial charge in [-0.05, 0) is 37.5 Å². The molecule has 2 atom stereocenters. The van der Waals surface area contributed by atoms with Gasteiger partial charge in [-0.25, -0.2) is 0 Å². The van der Waals surface area contributed by atoms with E-state index in [1.165, 1.54) is 4.90 Å². The van der Waals surface area contributed by atoms with Crippen molar-refractivity contribution in [1.82, 2.24) is 5.32 Å². The van der Waals surface area contributed by atoms with Gasteiger partial charge >= 0.3 is 0 Å². The van der Waals surface area contributed by atoms with E-state index in [-0.39, 0.29) is 37.1 Å². The number of rotatable bonds is 5. The van der Waals surface area contributed by atoms with Crippen LogP contribution in [0.2, 0.25) is 0 Å². The minimum Gasteiger partial charge on any atom is -0.482 e. The van der Waals surface area contributed by atoms with Gasteiger partial charge in [-0.1, -0.05) is 6.07 Å². The lowest BCUT2D eigenvalue weighted by Crippen LogP contribution is -2.46. The van der Waals surface area contributed by atoms with Gasteiger partial charge in [-0.15, -0.1) is 0 Å². The third-order valence-corrected chi connectivity index (χ3v) is 4.30. The van der Waals surface area contributed by atoms with Crippen LogP contribution in [0, 0.1) is 0 Å². The van der Waals surface area contributed by atoms with Crippen LogP contribution in [0.25, 0.3) is 0 Å². The third kappa shape index (κ3) is 3.68. The second kappa shape index (κ2) is 7.19. The van der Waals surface area contributed by atoms with Crippen molar-refractivity contribution in [2.45, 2.75) is 31.9 Å². The number of nitrogens with zero attached hydrogens (tertiary/aromatic N) is 1. The lowest BCUT2D eigenvalue weighted by Gasteiger charge is -2.29. The Hall–Kier alpha value is -2.12. The summed E-state index contributed by atoms with van der Waals surface area (Å²) in [6, 6.07) is 5.31. The second-order valence-electron chi connectivity index (χ2n) is 6.22. The molecule has 0 aromatic heterocycles. The van der Waals surface area contributed by atoms with Crippen LogP contribution in [0.4, 0.5) is 5.69 Å². The number of hydrogen-bond donors (Lipinski definition) is 2. The number of nitrogens with two attached hydrogens (primary N) is 1. The molecule has 7 nitrogen and oxygen atoms in total. The van der Waals surface area contributed by atoms with E-state index in [0.717, 1.165) is 25.0 Å². The number of fused-ring (bicyclic) bond motifs is 1. The first kappa shape index (κ1) is 16.7. The molecular formula is C17H23N3O4. The number of ether oxygens (including phenoxy) is 2. The Bertz CT molecular complexity index is 626. The first-order valence-electron chi connectivity index (χ1n) is 8.25. The molecule has 130 valence electrons. The minimum absolute atomic E-state index is 0.0374. The molecule has 1 aromatic rings. The molecule has 0 saturated carbocycles. The fourth-order valence-corrected chi connectivity index (χ4v) is 2.91. The highest BCUT2D eigenvalue weighted by Crippen LogP contribution is 2.34. The van der Waals surface area contributed by atoms with Crippen molar-refractivity contribution in [2.24, 2.45) is 5.73 Å². The van der Waals surface area contributed by atoms with Crippen LogP contribution < -0.4 is 20.7 Å². The summed E-state index contributed by atoms with van der Waals surface area (Å²) in [7, 11) is 0. The highest BCUT2D eigenvalue weighted by atomic mass is 16.5. The largest absolute Gasteiger partial charge is 0.482 e. The second-order valence-corrected chi connectivity index (χ2v) is 6.22. The van der Waals surface area contributed by atoms with Crippen LogP contribution in [0.15, 0.2) is 18.2 Å². The molecule has 24 heavy (non-hydrogen) atoms. The number of nitrogens with one attached hydrogen (secondary N) is 1. The molecule has 0 radical (unpaired) electrons. The van der Waals surface area contributed by atoms with Gasteiger partial charge in [-0.3, -0.25) is 14.5 Å². The molecule has 1 aromatic carbocycles. The van der Waals surface area contributed by atoms with Crippen molar-refractivity contribution >= 4 is 17.5 Å².